The van der Waals surface area contributed by atoms with E-state index in [2.05, 4.69) is 4.98 Å². The van der Waals surface area contributed by atoms with Gasteiger partial charge in [-0.05, 0) is 47.9 Å². The highest BCUT2D eigenvalue weighted by molar-refractivity contribution is 7.89. The minimum absolute atomic E-state index is 0.0422. The molecule has 3 aromatic rings. The molecule has 38 heavy (non-hydrogen) atoms. The maximum absolute atomic E-state index is 13.9. The van der Waals surface area contributed by atoms with Gasteiger partial charge in [-0.25, -0.2) is 8.42 Å². The second kappa shape index (κ2) is 11.5. The van der Waals surface area contributed by atoms with Crippen molar-refractivity contribution in [3.63, 3.8) is 0 Å². The number of sulfonamides is 1. The van der Waals surface area contributed by atoms with Gasteiger partial charge < -0.3 is 14.7 Å². The average Bonchev–Trinajstić information content (AvgIpc) is 2.92. The van der Waals surface area contributed by atoms with E-state index in [4.69, 9.17) is 21.4 Å². The molecule has 0 aliphatic carbocycles. The Balaban J connectivity index is 1.77. The first-order valence-electron chi connectivity index (χ1n) is 12.0. The lowest BCUT2D eigenvalue weighted by Crippen LogP contribution is -2.52. The number of carbonyl (C=O) groups excluding carboxylic acids is 1. The minimum atomic E-state index is -4.00. The molecule has 9 nitrogen and oxygen atoms in total. The molecule has 1 aromatic heterocycles. The fourth-order valence-electron chi connectivity index (χ4n) is 4.61. The SMILES string of the molecule is COc1cnccc1-c1cccc(C2CN(C(=O)CCC(=O)O)CCN2S(=O)(=O)c2cccc(Cl)c2C)c1. The van der Waals surface area contributed by atoms with E-state index in [1.807, 2.05) is 30.3 Å². The predicted octanol–water partition coefficient (Wildman–Crippen LogP) is 4.16. The Kier molecular flexibility index (Phi) is 8.35. The maximum atomic E-state index is 13.9. The van der Waals surface area contributed by atoms with Gasteiger partial charge in [0.15, 0.2) is 0 Å². The number of aromatic nitrogens is 1. The lowest BCUT2D eigenvalue weighted by atomic mass is 9.98. The summed E-state index contributed by atoms with van der Waals surface area (Å²) in [5.74, 6) is -0.829. The van der Waals surface area contributed by atoms with Crippen LogP contribution in [0.25, 0.3) is 11.1 Å². The largest absolute Gasteiger partial charge is 0.494 e. The molecule has 1 aliphatic rings. The number of carbonyl (C=O) groups is 2. The van der Waals surface area contributed by atoms with Gasteiger partial charge in [0.2, 0.25) is 15.9 Å². The Morgan fingerprint density at radius 3 is 2.63 bits per heavy atom. The molecule has 1 aliphatic heterocycles. The van der Waals surface area contributed by atoms with Crippen LogP contribution in [0.3, 0.4) is 0 Å². The third-order valence-corrected chi connectivity index (χ3v) is 9.09. The molecule has 1 fully saturated rings. The number of amides is 1. The summed E-state index contributed by atoms with van der Waals surface area (Å²) in [4.78, 5) is 29.6. The van der Waals surface area contributed by atoms with Crippen LogP contribution in [0, 0.1) is 6.92 Å². The Morgan fingerprint density at radius 2 is 1.89 bits per heavy atom. The van der Waals surface area contributed by atoms with Crippen molar-refractivity contribution in [3.05, 3.63) is 77.1 Å². The number of carboxylic acid groups (broad SMARTS) is 1. The van der Waals surface area contributed by atoms with Gasteiger partial charge >= 0.3 is 5.97 Å². The van der Waals surface area contributed by atoms with Gasteiger partial charge in [-0.3, -0.25) is 14.6 Å². The molecule has 1 saturated heterocycles. The minimum Gasteiger partial charge on any atom is -0.494 e. The van der Waals surface area contributed by atoms with E-state index in [1.165, 1.54) is 15.3 Å². The Morgan fingerprint density at radius 1 is 1.13 bits per heavy atom. The number of hydrogen-bond donors (Lipinski definition) is 1. The molecular formula is C27H28ClN3O6S. The van der Waals surface area contributed by atoms with Crippen LogP contribution in [0.4, 0.5) is 0 Å². The zero-order valence-corrected chi connectivity index (χ0v) is 22.6. The number of pyridine rings is 1. The van der Waals surface area contributed by atoms with E-state index in [-0.39, 0.29) is 43.3 Å². The van der Waals surface area contributed by atoms with Gasteiger partial charge in [0, 0.05) is 42.8 Å². The van der Waals surface area contributed by atoms with E-state index < -0.39 is 22.0 Å². The summed E-state index contributed by atoms with van der Waals surface area (Å²) in [7, 11) is -2.45. The number of rotatable bonds is 8. The monoisotopic (exact) mass is 557 g/mol. The third-order valence-electron chi connectivity index (χ3n) is 6.63. The van der Waals surface area contributed by atoms with Gasteiger partial charge in [-0.1, -0.05) is 35.9 Å². The molecule has 0 spiro atoms. The first-order valence-corrected chi connectivity index (χ1v) is 13.8. The van der Waals surface area contributed by atoms with Crippen molar-refractivity contribution >= 4 is 33.5 Å². The normalized spacial score (nSPS) is 16.3. The van der Waals surface area contributed by atoms with Crippen LogP contribution < -0.4 is 4.74 Å². The van der Waals surface area contributed by atoms with Crippen LogP contribution in [0.1, 0.15) is 30.0 Å². The molecule has 1 atom stereocenters. The zero-order chi connectivity index (χ0) is 27.4. The summed E-state index contributed by atoms with van der Waals surface area (Å²) in [6.07, 6.45) is 2.80. The molecule has 1 N–H and O–H groups in total. The molecular weight excluding hydrogens is 530 g/mol. The number of halogens is 1. The number of piperazine rings is 1. The summed E-state index contributed by atoms with van der Waals surface area (Å²) in [6.45, 7) is 1.92. The van der Waals surface area contributed by atoms with E-state index in [0.29, 0.717) is 21.9 Å². The van der Waals surface area contributed by atoms with Crippen molar-refractivity contribution < 1.29 is 27.9 Å². The number of carboxylic acids is 1. The molecule has 0 bridgehead atoms. The molecule has 0 saturated carbocycles. The second-order valence-corrected chi connectivity index (χ2v) is 11.2. The van der Waals surface area contributed by atoms with Gasteiger partial charge in [0.1, 0.15) is 5.75 Å². The van der Waals surface area contributed by atoms with Crippen LogP contribution in [0.15, 0.2) is 65.8 Å². The lowest BCUT2D eigenvalue weighted by Gasteiger charge is -2.41. The Hall–Kier alpha value is -3.47. The first kappa shape index (κ1) is 27.6. The number of benzene rings is 2. The summed E-state index contributed by atoms with van der Waals surface area (Å²) in [5.41, 5.74) is 2.71. The summed E-state index contributed by atoms with van der Waals surface area (Å²) in [5, 5.41) is 9.36. The third kappa shape index (κ3) is 5.67. The summed E-state index contributed by atoms with van der Waals surface area (Å²) in [6, 6.07) is 13.3. The van der Waals surface area contributed by atoms with Crippen molar-refractivity contribution in [1.29, 1.82) is 0 Å². The van der Waals surface area contributed by atoms with Crippen molar-refractivity contribution in [2.45, 2.75) is 30.7 Å². The van der Waals surface area contributed by atoms with Crippen LogP contribution >= 0.6 is 11.6 Å². The highest BCUT2D eigenvalue weighted by Crippen LogP contribution is 2.36. The van der Waals surface area contributed by atoms with Crippen LogP contribution in [0.5, 0.6) is 5.75 Å². The van der Waals surface area contributed by atoms with Gasteiger partial charge in [-0.2, -0.15) is 4.31 Å². The number of nitrogens with zero attached hydrogens (tertiary/aromatic N) is 3. The fourth-order valence-corrected chi connectivity index (χ4v) is 6.69. The quantitative estimate of drug-likeness (QED) is 0.442. The van der Waals surface area contributed by atoms with E-state index in [0.717, 1.165) is 11.1 Å². The van der Waals surface area contributed by atoms with Crippen molar-refractivity contribution in [2.75, 3.05) is 26.7 Å². The van der Waals surface area contributed by atoms with Crippen LogP contribution in [0.2, 0.25) is 5.02 Å². The highest BCUT2D eigenvalue weighted by Gasteiger charge is 2.39. The van der Waals surface area contributed by atoms with Crippen LogP contribution in [-0.2, 0) is 19.6 Å². The molecule has 2 heterocycles. The Labute approximate surface area is 226 Å². The maximum Gasteiger partial charge on any atom is 0.303 e. The predicted molar refractivity (Wildman–Crippen MR) is 142 cm³/mol. The van der Waals surface area contributed by atoms with Gasteiger partial charge in [0.25, 0.3) is 0 Å². The van der Waals surface area contributed by atoms with E-state index in [9.17, 15) is 18.0 Å². The summed E-state index contributed by atoms with van der Waals surface area (Å²) < 4.78 is 34.8. The molecule has 200 valence electrons. The van der Waals surface area contributed by atoms with E-state index >= 15 is 0 Å². The molecule has 4 rings (SSSR count). The zero-order valence-electron chi connectivity index (χ0n) is 21.0. The molecule has 2 aromatic carbocycles. The van der Waals surface area contributed by atoms with Crippen molar-refractivity contribution in [2.24, 2.45) is 0 Å². The topological polar surface area (TPSA) is 117 Å². The van der Waals surface area contributed by atoms with Gasteiger partial charge in [-0.15, -0.1) is 0 Å². The highest BCUT2D eigenvalue weighted by atomic mass is 35.5. The van der Waals surface area contributed by atoms with Crippen molar-refractivity contribution in [3.8, 4) is 16.9 Å². The number of aliphatic carboxylic acids is 1. The molecule has 1 unspecified atom stereocenters. The summed E-state index contributed by atoms with van der Waals surface area (Å²) >= 11 is 6.25. The Bertz CT molecular complexity index is 1460. The smallest absolute Gasteiger partial charge is 0.303 e. The lowest BCUT2D eigenvalue weighted by molar-refractivity contribution is -0.141. The molecule has 11 heteroatoms. The standard InChI is InChI=1S/C27H28ClN3O6S/c1-18-22(28)7-4-8-25(18)38(35,36)31-14-13-30(26(32)9-10-27(33)34)17-23(31)20-6-3-5-19(15-20)21-11-12-29-16-24(21)37-2/h3-8,11-12,15-16,23H,9-10,13-14,17H2,1-2H3,(H,33,34). The van der Waals surface area contributed by atoms with Crippen LogP contribution in [-0.4, -0.2) is 66.3 Å². The van der Waals surface area contributed by atoms with Gasteiger partial charge in [0.05, 0.1) is 30.7 Å². The molecule has 0 radical (unpaired) electrons. The first-order chi connectivity index (χ1) is 18.1. The van der Waals surface area contributed by atoms with Crippen molar-refractivity contribution in [1.82, 2.24) is 14.2 Å². The second-order valence-electron chi connectivity index (χ2n) is 8.93. The number of ether oxygens (including phenoxy) is 1. The number of hydrogen-bond acceptors (Lipinski definition) is 6. The average molecular weight is 558 g/mol. The van der Waals surface area contributed by atoms with E-state index in [1.54, 1.807) is 38.6 Å². The fraction of sp³-hybridized carbons (Fsp3) is 0.296. The number of methoxy groups -OCH3 is 1. The molecule has 1 amide bonds.